The Hall–Kier alpha value is -1.45. The van der Waals surface area contributed by atoms with Crippen LogP contribution in [0.4, 0.5) is 8.78 Å². The average molecular weight is 196 g/mol. The van der Waals surface area contributed by atoms with Gasteiger partial charge in [0.2, 0.25) is 0 Å². The highest BCUT2D eigenvalue weighted by Gasteiger charge is 2.14. The molecule has 2 nitrogen and oxygen atoms in total. The predicted octanol–water partition coefficient (Wildman–Crippen LogP) is 2.74. The zero-order chi connectivity index (χ0) is 10.3. The number of pyridine rings is 1. The zero-order valence-electron chi connectivity index (χ0n) is 7.96. The first-order valence-corrected chi connectivity index (χ1v) is 4.42. The van der Waals surface area contributed by atoms with Crippen molar-refractivity contribution in [3.05, 3.63) is 35.7 Å². The Labute approximate surface area is 80.2 Å². The molecular formula is C10H10F2N2. The molecule has 2 aromatic rings. The van der Waals surface area contributed by atoms with Gasteiger partial charge in [0.15, 0.2) is 11.6 Å². The van der Waals surface area contributed by atoms with Gasteiger partial charge in [-0.05, 0) is 17.5 Å². The third-order valence-corrected chi connectivity index (χ3v) is 2.23. The van der Waals surface area contributed by atoms with Gasteiger partial charge < -0.3 is 0 Å². The number of hydrogen-bond donors (Lipinski definition) is 0. The second-order valence-electron chi connectivity index (χ2n) is 3.53. The molecule has 0 fully saturated rings. The summed E-state index contributed by atoms with van der Waals surface area (Å²) < 4.78 is 28.0. The summed E-state index contributed by atoms with van der Waals surface area (Å²) in [6.45, 7) is 3.73. The maximum Gasteiger partial charge on any atom is 0.171 e. The molecule has 0 saturated carbocycles. The van der Waals surface area contributed by atoms with Crippen LogP contribution in [-0.2, 0) is 0 Å². The van der Waals surface area contributed by atoms with Crippen molar-refractivity contribution in [1.82, 2.24) is 9.61 Å². The maximum absolute atomic E-state index is 13.7. The second kappa shape index (κ2) is 3.04. The molecule has 0 N–H and O–H groups in total. The summed E-state index contributed by atoms with van der Waals surface area (Å²) in [4.78, 5) is 0. The van der Waals surface area contributed by atoms with Crippen LogP contribution in [0.15, 0.2) is 18.5 Å². The highest BCUT2D eigenvalue weighted by atomic mass is 19.1. The fourth-order valence-corrected chi connectivity index (χ4v) is 1.47. The number of halogens is 2. The van der Waals surface area contributed by atoms with Crippen LogP contribution in [0.2, 0.25) is 0 Å². The van der Waals surface area contributed by atoms with E-state index >= 15 is 0 Å². The van der Waals surface area contributed by atoms with Crippen LogP contribution >= 0.6 is 0 Å². The van der Waals surface area contributed by atoms with E-state index in [4.69, 9.17) is 0 Å². The number of rotatable bonds is 1. The van der Waals surface area contributed by atoms with Crippen molar-refractivity contribution < 1.29 is 8.78 Å². The molecule has 0 unspecified atom stereocenters. The van der Waals surface area contributed by atoms with E-state index in [0.29, 0.717) is 5.56 Å². The third-order valence-electron chi connectivity index (χ3n) is 2.23. The molecule has 0 atom stereocenters. The molecule has 2 aromatic heterocycles. The molecule has 2 rings (SSSR count). The van der Waals surface area contributed by atoms with Crippen molar-refractivity contribution in [2.75, 3.05) is 0 Å². The van der Waals surface area contributed by atoms with Crippen molar-refractivity contribution in [2.45, 2.75) is 19.8 Å². The van der Waals surface area contributed by atoms with Gasteiger partial charge in [0.05, 0.1) is 6.20 Å². The van der Waals surface area contributed by atoms with Crippen molar-refractivity contribution in [1.29, 1.82) is 0 Å². The third kappa shape index (κ3) is 1.18. The van der Waals surface area contributed by atoms with Crippen LogP contribution in [0.25, 0.3) is 5.52 Å². The molecule has 0 aliphatic carbocycles. The topological polar surface area (TPSA) is 17.3 Å². The molecule has 0 radical (unpaired) electrons. The zero-order valence-corrected chi connectivity index (χ0v) is 7.96. The molecule has 2 heterocycles. The van der Waals surface area contributed by atoms with E-state index in [1.165, 1.54) is 4.52 Å². The quantitative estimate of drug-likeness (QED) is 0.685. The summed E-state index contributed by atoms with van der Waals surface area (Å²) >= 11 is 0. The Morgan fingerprint density at radius 2 is 2.07 bits per heavy atom. The first-order valence-electron chi connectivity index (χ1n) is 4.42. The summed E-state index contributed by atoms with van der Waals surface area (Å²) in [5, 5.41) is 3.68. The standard InChI is InChI=1S/C10H10F2N2/c1-6(2)7-3-4-14-10(9(7)12)8(11)5-13-14/h3-6H,1-2H3. The largest absolute Gasteiger partial charge is 0.235 e. The minimum Gasteiger partial charge on any atom is -0.235 e. The Morgan fingerprint density at radius 1 is 1.36 bits per heavy atom. The summed E-state index contributed by atoms with van der Waals surface area (Å²) in [5.74, 6) is -1.10. The lowest BCUT2D eigenvalue weighted by Gasteiger charge is -2.07. The van der Waals surface area contributed by atoms with Crippen LogP contribution in [0.3, 0.4) is 0 Å². The van der Waals surface area contributed by atoms with E-state index in [9.17, 15) is 8.78 Å². The smallest absolute Gasteiger partial charge is 0.171 e. The number of hydrogen-bond acceptors (Lipinski definition) is 1. The lowest BCUT2D eigenvalue weighted by Crippen LogP contribution is -1.98. The monoisotopic (exact) mass is 196 g/mol. The Kier molecular flexibility index (Phi) is 1.98. The van der Waals surface area contributed by atoms with Gasteiger partial charge in [0.25, 0.3) is 0 Å². The first kappa shape index (κ1) is 9.12. The molecule has 0 aliphatic heterocycles. The van der Waals surface area contributed by atoms with Gasteiger partial charge in [-0.15, -0.1) is 0 Å². The van der Waals surface area contributed by atoms with E-state index in [1.54, 1.807) is 12.3 Å². The van der Waals surface area contributed by atoms with Crippen molar-refractivity contribution in [2.24, 2.45) is 0 Å². The SMILES string of the molecule is CC(C)c1ccn2ncc(F)c2c1F. The van der Waals surface area contributed by atoms with Gasteiger partial charge in [0.1, 0.15) is 5.52 Å². The predicted molar refractivity (Wildman–Crippen MR) is 49.2 cm³/mol. The average Bonchev–Trinajstić information content (AvgIpc) is 2.48. The van der Waals surface area contributed by atoms with E-state index in [0.717, 1.165) is 6.20 Å². The normalized spacial score (nSPS) is 11.5. The summed E-state index contributed by atoms with van der Waals surface area (Å²) in [5.41, 5.74) is 0.438. The maximum atomic E-state index is 13.7. The fourth-order valence-electron chi connectivity index (χ4n) is 1.47. The molecule has 0 bridgehead atoms. The lowest BCUT2D eigenvalue weighted by atomic mass is 10.0. The summed E-state index contributed by atoms with van der Waals surface area (Å²) in [6.07, 6.45) is 2.58. The van der Waals surface area contributed by atoms with Crippen molar-refractivity contribution in [3.63, 3.8) is 0 Å². The Morgan fingerprint density at radius 3 is 2.71 bits per heavy atom. The molecule has 4 heteroatoms. The van der Waals surface area contributed by atoms with Crippen LogP contribution in [-0.4, -0.2) is 9.61 Å². The molecule has 0 aromatic carbocycles. The highest BCUT2D eigenvalue weighted by molar-refractivity contribution is 5.51. The van der Waals surface area contributed by atoms with Gasteiger partial charge in [0, 0.05) is 6.20 Å². The lowest BCUT2D eigenvalue weighted by molar-refractivity contribution is 0.584. The van der Waals surface area contributed by atoms with Crippen molar-refractivity contribution >= 4 is 5.52 Å². The number of aromatic nitrogens is 2. The van der Waals surface area contributed by atoms with Crippen LogP contribution in [0.5, 0.6) is 0 Å². The summed E-state index contributed by atoms with van der Waals surface area (Å²) in [7, 11) is 0. The molecule has 0 aliphatic rings. The Balaban J connectivity index is 2.79. The van der Waals surface area contributed by atoms with E-state index in [-0.39, 0.29) is 11.4 Å². The van der Waals surface area contributed by atoms with Crippen LogP contribution < -0.4 is 0 Å². The van der Waals surface area contributed by atoms with E-state index < -0.39 is 11.6 Å². The van der Waals surface area contributed by atoms with Gasteiger partial charge in [-0.25, -0.2) is 13.3 Å². The van der Waals surface area contributed by atoms with Gasteiger partial charge >= 0.3 is 0 Å². The van der Waals surface area contributed by atoms with E-state index in [2.05, 4.69) is 5.10 Å². The Bertz CT molecular complexity index is 474. The van der Waals surface area contributed by atoms with Crippen LogP contribution in [0.1, 0.15) is 25.3 Å². The highest BCUT2D eigenvalue weighted by Crippen LogP contribution is 2.22. The molecule has 14 heavy (non-hydrogen) atoms. The molecule has 74 valence electrons. The minimum absolute atomic E-state index is 0.0364. The van der Waals surface area contributed by atoms with Gasteiger partial charge in [-0.2, -0.15) is 5.10 Å². The first-order chi connectivity index (χ1) is 6.61. The molecular weight excluding hydrogens is 186 g/mol. The number of nitrogens with zero attached hydrogens (tertiary/aromatic N) is 2. The minimum atomic E-state index is -0.620. The fraction of sp³-hybridized carbons (Fsp3) is 0.300. The van der Waals surface area contributed by atoms with Gasteiger partial charge in [-0.3, -0.25) is 0 Å². The molecule has 0 amide bonds. The molecule has 0 saturated heterocycles. The number of fused-ring (bicyclic) bond motifs is 1. The van der Waals surface area contributed by atoms with Crippen molar-refractivity contribution in [3.8, 4) is 0 Å². The van der Waals surface area contributed by atoms with E-state index in [1.807, 2.05) is 13.8 Å². The second-order valence-corrected chi connectivity index (χ2v) is 3.53. The summed E-state index contributed by atoms with van der Waals surface area (Å²) in [6, 6.07) is 1.62. The molecule has 0 spiro atoms. The van der Waals surface area contributed by atoms with Gasteiger partial charge in [-0.1, -0.05) is 13.8 Å². The van der Waals surface area contributed by atoms with Crippen LogP contribution in [0, 0.1) is 11.6 Å².